The summed E-state index contributed by atoms with van der Waals surface area (Å²) in [6, 6.07) is 19.4. The Hall–Kier alpha value is -3.45. The number of urea groups is 1. The maximum atomic E-state index is 13.7. The minimum atomic E-state index is -1.40. The van der Waals surface area contributed by atoms with E-state index >= 15 is 0 Å². The van der Waals surface area contributed by atoms with Gasteiger partial charge in [-0.15, -0.1) is 11.3 Å². The van der Waals surface area contributed by atoms with E-state index in [4.69, 9.17) is 0 Å². The van der Waals surface area contributed by atoms with Gasteiger partial charge in [0.2, 0.25) is 0 Å². The summed E-state index contributed by atoms with van der Waals surface area (Å²) < 4.78 is 0. The molecule has 7 heteroatoms. The van der Waals surface area contributed by atoms with Crippen LogP contribution in [0.15, 0.2) is 66.7 Å². The van der Waals surface area contributed by atoms with Crippen LogP contribution in [-0.2, 0) is 23.2 Å². The summed E-state index contributed by atoms with van der Waals surface area (Å²) in [4.78, 5) is 41.4. The van der Waals surface area contributed by atoms with E-state index in [2.05, 4.69) is 10.7 Å². The number of benzene rings is 2. The molecule has 0 radical (unpaired) electrons. The molecule has 1 aliphatic heterocycles. The number of rotatable bonds is 4. The topological polar surface area (TPSA) is 78.5 Å². The molecule has 0 atom stereocenters. The molecule has 1 aromatic heterocycles. The van der Waals surface area contributed by atoms with Gasteiger partial charge < -0.3 is 5.32 Å². The number of aryl methyl sites for hydroxylation is 2. The number of amides is 4. The second-order valence-corrected chi connectivity index (χ2v) is 9.25. The van der Waals surface area contributed by atoms with Crippen molar-refractivity contribution in [3.63, 3.8) is 0 Å². The Bertz CT molecular complexity index is 1110. The van der Waals surface area contributed by atoms with Gasteiger partial charge in [-0.1, -0.05) is 67.1 Å². The highest BCUT2D eigenvalue weighted by Gasteiger charge is 2.54. The Labute approximate surface area is 190 Å². The van der Waals surface area contributed by atoms with Crippen molar-refractivity contribution in [2.24, 2.45) is 0 Å². The van der Waals surface area contributed by atoms with Crippen LogP contribution in [-0.4, -0.2) is 22.9 Å². The molecule has 1 aliphatic carbocycles. The van der Waals surface area contributed by atoms with Crippen molar-refractivity contribution in [1.29, 1.82) is 0 Å². The van der Waals surface area contributed by atoms with E-state index in [0.29, 0.717) is 16.0 Å². The minimum Gasteiger partial charge on any atom is -0.314 e. The average molecular weight is 446 g/mol. The maximum absolute atomic E-state index is 13.7. The Morgan fingerprint density at radius 3 is 2.19 bits per heavy atom. The van der Waals surface area contributed by atoms with Crippen LogP contribution in [0.4, 0.5) is 4.79 Å². The quantitative estimate of drug-likeness (QED) is 0.468. The lowest BCUT2D eigenvalue weighted by Gasteiger charge is -2.27. The summed E-state index contributed by atoms with van der Waals surface area (Å²) in [6.45, 7) is 0. The maximum Gasteiger partial charge on any atom is 0.344 e. The summed E-state index contributed by atoms with van der Waals surface area (Å²) in [7, 11) is 0. The largest absolute Gasteiger partial charge is 0.344 e. The lowest BCUT2D eigenvalue weighted by molar-refractivity contribution is -0.131. The molecule has 32 heavy (non-hydrogen) atoms. The molecular formula is C25H23N3O3S. The third-order valence-corrected chi connectivity index (χ3v) is 7.35. The SMILES string of the molecule is O=C(NN1C(=O)NC(c2ccccc2)(c2ccccc2)C1=O)c1cc2c(s1)CCCCC2. The summed E-state index contributed by atoms with van der Waals surface area (Å²) in [6.07, 6.45) is 5.38. The fourth-order valence-corrected chi connectivity index (χ4v) is 5.64. The highest BCUT2D eigenvalue weighted by atomic mass is 32.1. The first-order chi connectivity index (χ1) is 15.6. The van der Waals surface area contributed by atoms with E-state index in [-0.39, 0.29) is 0 Å². The van der Waals surface area contributed by atoms with Crippen LogP contribution >= 0.6 is 11.3 Å². The fourth-order valence-electron chi connectivity index (χ4n) is 4.50. The molecule has 1 saturated heterocycles. The van der Waals surface area contributed by atoms with Crippen LogP contribution in [0.5, 0.6) is 0 Å². The number of nitrogens with one attached hydrogen (secondary N) is 2. The van der Waals surface area contributed by atoms with Crippen LogP contribution in [0, 0.1) is 0 Å². The summed E-state index contributed by atoms with van der Waals surface area (Å²) in [5.74, 6) is -0.977. The predicted molar refractivity (Wildman–Crippen MR) is 122 cm³/mol. The number of fused-ring (bicyclic) bond motifs is 1. The number of carbonyl (C=O) groups excluding carboxylic acids is 3. The first kappa shape index (κ1) is 20.5. The number of hydrazine groups is 1. The molecule has 2 aromatic carbocycles. The van der Waals surface area contributed by atoms with Gasteiger partial charge in [-0.2, -0.15) is 5.01 Å². The van der Waals surface area contributed by atoms with Crippen molar-refractivity contribution in [1.82, 2.24) is 15.8 Å². The van der Waals surface area contributed by atoms with E-state index in [1.165, 1.54) is 28.2 Å². The molecule has 4 amide bonds. The van der Waals surface area contributed by atoms with Crippen molar-refractivity contribution in [3.05, 3.63) is 93.2 Å². The smallest absolute Gasteiger partial charge is 0.314 e. The number of imide groups is 1. The zero-order valence-corrected chi connectivity index (χ0v) is 18.3. The van der Waals surface area contributed by atoms with Gasteiger partial charge >= 0.3 is 6.03 Å². The van der Waals surface area contributed by atoms with Crippen LogP contribution in [0.3, 0.4) is 0 Å². The van der Waals surface area contributed by atoms with Gasteiger partial charge in [0.15, 0.2) is 5.54 Å². The molecule has 0 unspecified atom stereocenters. The number of thiophene rings is 1. The molecule has 0 saturated carbocycles. The van der Waals surface area contributed by atoms with Crippen LogP contribution in [0.2, 0.25) is 0 Å². The lowest BCUT2D eigenvalue weighted by Crippen LogP contribution is -2.49. The van der Waals surface area contributed by atoms with Crippen molar-refractivity contribution >= 4 is 29.2 Å². The number of hydrogen-bond donors (Lipinski definition) is 2. The number of hydrogen-bond acceptors (Lipinski definition) is 4. The van der Waals surface area contributed by atoms with E-state index in [1.54, 1.807) is 24.3 Å². The van der Waals surface area contributed by atoms with Gasteiger partial charge in [-0.05, 0) is 48.4 Å². The van der Waals surface area contributed by atoms with Crippen molar-refractivity contribution in [2.75, 3.05) is 0 Å². The number of carbonyl (C=O) groups is 3. The van der Waals surface area contributed by atoms with Crippen LogP contribution in [0.25, 0.3) is 0 Å². The standard InChI is InChI=1S/C25H23N3O3S/c29-22(21-16-17-10-4-1-9-15-20(17)32-21)27-28-23(30)25(26-24(28)31,18-11-5-2-6-12-18)19-13-7-3-8-14-19/h2-3,5-8,11-14,16H,1,4,9-10,15H2,(H,26,31)(H,27,29). The molecule has 2 N–H and O–H groups in total. The Balaban J connectivity index is 1.47. The molecule has 5 rings (SSSR count). The highest BCUT2D eigenvalue weighted by molar-refractivity contribution is 7.14. The van der Waals surface area contributed by atoms with Crippen molar-refractivity contribution in [3.8, 4) is 0 Å². The van der Waals surface area contributed by atoms with E-state index in [9.17, 15) is 14.4 Å². The third-order valence-electron chi connectivity index (χ3n) is 6.12. The molecule has 162 valence electrons. The monoisotopic (exact) mass is 445 g/mol. The van der Waals surface area contributed by atoms with Gasteiger partial charge in [0, 0.05) is 4.88 Å². The Morgan fingerprint density at radius 2 is 1.53 bits per heavy atom. The van der Waals surface area contributed by atoms with Crippen LogP contribution < -0.4 is 10.7 Å². The summed E-state index contributed by atoms with van der Waals surface area (Å²) >= 11 is 1.45. The molecule has 3 aromatic rings. The molecular weight excluding hydrogens is 422 g/mol. The van der Waals surface area contributed by atoms with Gasteiger partial charge in [-0.3, -0.25) is 15.0 Å². The second kappa shape index (κ2) is 8.24. The molecule has 0 spiro atoms. The molecule has 2 heterocycles. The second-order valence-electron chi connectivity index (χ2n) is 8.11. The Morgan fingerprint density at radius 1 is 0.906 bits per heavy atom. The van der Waals surface area contributed by atoms with Crippen LogP contribution in [0.1, 0.15) is 50.5 Å². The Kier molecular flexibility index (Phi) is 5.27. The zero-order valence-electron chi connectivity index (χ0n) is 17.5. The highest BCUT2D eigenvalue weighted by Crippen LogP contribution is 2.35. The van der Waals surface area contributed by atoms with E-state index in [1.807, 2.05) is 42.5 Å². The molecule has 6 nitrogen and oxygen atoms in total. The first-order valence-electron chi connectivity index (χ1n) is 10.8. The molecule has 1 fully saturated rings. The van der Waals surface area contributed by atoms with Gasteiger partial charge in [-0.25, -0.2) is 4.79 Å². The van der Waals surface area contributed by atoms with Gasteiger partial charge in [0.1, 0.15) is 0 Å². The molecule has 2 aliphatic rings. The van der Waals surface area contributed by atoms with E-state index in [0.717, 1.165) is 30.7 Å². The van der Waals surface area contributed by atoms with Crippen molar-refractivity contribution in [2.45, 2.75) is 37.6 Å². The number of nitrogens with zero attached hydrogens (tertiary/aromatic N) is 1. The minimum absolute atomic E-state index is 0.441. The first-order valence-corrected chi connectivity index (χ1v) is 11.6. The van der Waals surface area contributed by atoms with Gasteiger partial charge in [0.25, 0.3) is 11.8 Å². The third kappa shape index (κ3) is 3.39. The summed E-state index contributed by atoms with van der Waals surface area (Å²) in [5.41, 5.74) is 3.62. The normalized spacial score (nSPS) is 17.4. The van der Waals surface area contributed by atoms with Crippen molar-refractivity contribution < 1.29 is 14.4 Å². The predicted octanol–water partition coefficient (Wildman–Crippen LogP) is 4.16. The summed E-state index contributed by atoms with van der Waals surface area (Å²) in [5, 5.41) is 3.65. The average Bonchev–Trinajstić information content (AvgIpc) is 3.25. The lowest BCUT2D eigenvalue weighted by atomic mass is 9.83. The van der Waals surface area contributed by atoms with Gasteiger partial charge in [0.05, 0.1) is 4.88 Å². The van der Waals surface area contributed by atoms with E-state index < -0.39 is 23.4 Å². The molecule has 0 bridgehead atoms. The zero-order chi connectivity index (χ0) is 22.1. The fraction of sp³-hybridized carbons (Fsp3) is 0.240.